The lowest BCUT2D eigenvalue weighted by molar-refractivity contribution is -0.198. The molecule has 0 saturated heterocycles. The average molecular weight is 358 g/mol. The zero-order chi connectivity index (χ0) is 17.3. The molecule has 0 fully saturated rings. The summed E-state index contributed by atoms with van der Waals surface area (Å²) in [6.07, 6.45) is -13.2. The Morgan fingerprint density at radius 3 is 1.10 bits per heavy atom. The van der Waals surface area contributed by atoms with E-state index in [0.717, 1.165) is 13.8 Å². The molecule has 0 saturated carbocycles. The second kappa shape index (κ2) is 6.56. The van der Waals surface area contributed by atoms with Gasteiger partial charge in [0.2, 0.25) is 0 Å². The van der Waals surface area contributed by atoms with Gasteiger partial charge < -0.3 is 13.0 Å². The molecule has 0 N–H and O–H groups in total. The maximum Gasteiger partial charge on any atom is 0.413 e. The lowest BCUT2D eigenvalue weighted by Crippen LogP contribution is -2.53. The number of alkyl halides is 6. The maximum absolute atomic E-state index is 12.5. The molecule has 0 bridgehead atoms. The monoisotopic (exact) mass is 358 g/mol. The highest BCUT2D eigenvalue weighted by Gasteiger charge is 2.47. The van der Waals surface area contributed by atoms with Crippen molar-refractivity contribution in [3.05, 3.63) is 0 Å². The third-order valence-corrected chi connectivity index (χ3v) is 8.11. The maximum atomic E-state index is 12.5. The van der Waals surface area contributed by atoms with Gasteiger partial charge in [0, 0.05) is 0 Å². The minimum absolute atomic E-state index is 0.825. The van der Waals surface area contributed by atoms with Gasteiger partial charge in [-0.15, -0.1) is 0 Å². The van der Waals surface area contributed by atoms with Gasteiger partial charge >= 0.3 is 29.5 Å². The molecule has 0 aromatic carbocycles. The zero-order valence-electron chi connectivity index (χ0n) is 12.6. The van der Waals surface area contributed by atoms with E-state index in [-0.39, 0.29) is 0 Å². The van der Waals surface area contributed by atoms with Crippen LogP contribution in [-0.2, 0) is 13.0 Å². The van der Waals surface area contributed by atoms with Crippen LogP contribution in [0.25, 0.3) is 0 Å². The predicted molar refractivity (Wildman–Crippen MR) is 69.3 cm³/mol. The first-order valence-electron chi connectivity index (χ1n) is 6.15. The topological polar surface area (TPSA) is 27.7 Å². The van der Waals surface area contributed by atoms with Crippen LogP contribution in [0.2, 0.25) is 26.2 Å². The van der Waals surface area contributed by atoms with Gasteiger partial charge in [0.15, 0.2) is 0 Å². The normalized spacial score (nSPS) is 17.7. The van der Waals surface area contributed by atoms with Gasteiger partial charge in [0.1, 0.15) is 12.2 Å². The first kappa shape index (κ1) is 20.9. The minimum atomic E-state index is -4.56. The number of hydrogen-bond acceptors (Lipinski definition) is 3. The molecule has 0 rings (SSSR count). The van der Waals surface area contributed by atoms with Crippen molar-refractivity contribution in [3.63, 3.8) is 0 Å². The molecular weight excluding hydrogens is 338 g/mol. The fraction of sp³-hybridized carbons (Fsp3) is 1.00. The molecule has 0 spiro atoms. The van der Waals surface area contributed by atoms with Gasteiger partial charge in [-0.25, -0.2) is 0 Å². The summed E-state index contributed by atoms with van der Waals surface area (Å²) in [5.74, 6) is 0. The van der Waals surface area contributed by atoms with Crippen LogP contribution in [0.1, 0.15) is 13.8 Å². The fourth-order valence-electron chi connectivity index (χ4n) is 1.63. The molecular formula is C10H20F6O3Si2. The summed E-state index contributed by atoms with van der Waals surface area (Å²) in [4.78, 5) is 0. The lowest BCUT2D eigenvalue weighted by Gasteiger charge is -2.36. The van der Waals surface area contributed by atoms with Gasteiger partial charge in [-0.3, -0.25) is 0 Å². The summed E-state index contributed by atoms with van der Waals surface area (Å²) in [6, 6.07) is 0. The molecule has 11 heteroatoms. The number of rotatable bonds is 6. The van der Waals surface area contributed by atoms with Gasteiger partial charge in [-0.2, -0.15) is 26.3 Å². The van der Waals surface area contributed by atoms with Crippen molar-refractivity contribution in [1.82, 2.24) is 0 Å². The summed E-state index contributed by atoms with van der Waals surface area (Å²) in [6.45, 7) is 7.01. The highest BCUT2D eigenvalue weighted by Crippen LogP contribution is 2.29. The number of halogens is 6. The minimum Gasteiger partial charge on any atom is -0.415 e. The quantitative estimate of drug-likeness (QED) is 0.522. The highest BCUT2D eigenvalue weighted by molar-refractivity contribution is 6.78. The van der Waals surface area contributed by atoms with E-state index in [2.05, 4.69) is 0 Å². The molecule has 0 radical (unpaired) electrons. The molecule has 0 aromatic rings. The third kappa shape index (κ3) is 8.19. The van der Waals surface area contributed by atoms with Crippen LogP contribution in [0.5, 0.6) is 0 Å². The first-order chi connectivity index (χ1) is 8.96. The van der Waals surface area contributed by atoms with E-state index in [0.29, 0.717) is 0 Å². The van der Waals surface area contributed by atoms with Gasteiger partial charge in [-0.1, -0.05) is 0 Å². The number of hydrogen-bond donors (Lipinski definition) is 0. The van der Waals surface area contributed by atoms with Crippen molar-refractivity contribution in [2.24, 2.45) is 0 Å². The standard InChI is InChI=1S/C10H20F6O3Si2/c1-7(9(11,12)13)17-20(3,4)19-21(5,6)18-8(2)10(14,15)16/h7-8H,1-6H3. The summed E-state index contributed by atoms with van der Waals surface area (Å²) in [5, 5.41) is 0. The van der Waals surface area contributed by atoms with Crippen LogP contribution in [0.15, 0.2) is 0 Å². The highest BCUT2D eigenvalue weighted by atomic mass is 28.5. The zero-order valence-corrected chi connectivity index (χ0v) is 14.6. The smallest absolute Gasteiger partial charge is 0.413 e. The SMILES string of the molecule is CC(O[Si](C)(C)O[Si](C)(C)OC(C)C(F)(F)F)C(F)(F)F. The molecule has 0 heterocycles. The van der Waals surface area contributed by atoms with Crippen molar-refractivity contribution in [2.75, 3.05) is 0 Å². The van der Waals surface area contributed by atoms with Crippen LogP contribution >= 0.6 is 0 Å². The van der Waals surface area contributed by atoms with Gasteiger partial charge in [0.05, 0.1) is 0 Å². The molecule has 0 amide bonds. The Hall–Kier alpha value is -0.106. The molecule has 0 aromatic heterocycles. The van der Waals surface area contributed by atoms with E-state index in [1.807, 2.05) is 0 Å². The van der Waals surface area contributed by atoms with E-state index >= 15 is 0 Å². The van der Waals surface area contributed by atoms with E-state index in [1.54, 1.807) is 0 Å². The molecule has 0 aliphatic rings. The second-order valence-electron chi connectivity index (χ2n) is 5.51. The summed E-state index contributed by atoms with van der Waals surface area (Å²) < 4.78 is 89.8. The Bertz CT molecular complexity index is 311. The largest absolute Gasteiger partial charge is 0.415 e. The molecule has 21 heavy (non-hydrogen) atoms. The van der Waals surface area contributed by atoms with Crippen LogP contribution in [0, 0.1) is 0 Å². The molecule has 0 aliphatic carbocycles. The van der Waals surface area contributed by atoms with Crippen LogP contribution in [0.3, 0.4) is 0 Å². The Balaban J connectivity index is 4.76. The summed E-state index contributed by atoms with van der Waals surface area (Å²) in [7, 11) is -6.58. The molecule has 3 nitrogen and oxygen atoms in total. The summed E-state index contributed by atoms with van der Waals surface area (Å²) >= 11 is 0. The molecule has 2 unspecified atom stereocenters. The summed E-state index contributed by atoms with van der Waals surface area (Å²) in [5.41, 5.74) is 0. The van der Waals surface area contributed by atoms with E-state index in [4.69, 9.17) is 13.0 Å². The average Bonchev–Trinajstić information content (AvgIpc) is 2.09. The van der Waals surface area contributed by atoms with Gasteiger partial charge in [-0.05, 0) is 40.0 Å². The van der Waals surface area contributed by atoms with E-state index < -0.39 is 41.7 Å². The third-order valence-electron chi connectivity index (χ3n) is 2.33. The van der Waals surface area contributed by atoms with Crippen molar-refractivity contribution in [2.45, 2.75) is 64.6 Å². The van der Waals surface area contributed by atoms with E-state index in [1.165, 1.54) is 26.2 Å². The van der Waals surface area contributed by atoms with E-state index in [9.17, 15) is 26.3 Å². The van der Waals surface area contributed by atoms with Crippen LogP contribution in [-0.4, -0.2) is 41.7 Å². The Morgan fingerprint density at radius 2 is 0.905 bits per heavy atom. The Labute approximate surface area is 122 Å². The Morgan fingerprint density at radius 1 is 0.667 bits per heavy atom. The van der Waals surface area contributed by atoms with Crippen molar-refractivity contribution in [3.8, 4) is 0 Å². The lowest BCUT2D eigenvalue weighted by atomic mass is 10.4. The molecule has 2 atom stereocenters. The van der Waals surface area contributed by atoms with Crippen molar-refractivity contribution < 1.29 is 39.3 Å². The van der Waals surface area contributed by atoms with Gasteiger partial charge in [0.25, 0.3) is 0 Å². The first-order valence-corrected chi connectivity index (χ1v) is 11.8. The van der Waals surface area contributed by atoms with Crippen LogP contribution < -0.4 is 0 Å². The molecule has 0 aliphatic heterocycles. The second-order valence-corrected chi connectivity index (χ2v) is 12.4. The van der Waals surface area contributed by atoms with Crippen molar-refractivity contribution in [1.29, 1.82) is 0 Å². The fourth-order valence-corrected chi connectivity index (χ4v) is 8.72. The van der Waals surface area contributed by atoms with Crippen LogP contribution in [0.4, 0.5) is 26.3 Å². The predicted octanol–water partition coefficient (Wildman–Crippen LogP) is 4.34. The van der Waals surface area contributed by atoms with Crippen molar-refractivity contribution >= 4 is 17.1 Å². The Kier molecular flexibility index (Phi) is 6.53. The molecule has 128 valence electrons.